The minimum atomic E-state index is -3.58. The minimum absolute atomic E-state index is 0.0999. The van der Waals surface area contributed by atoms with Crippen LogP contribution in [0.5, 0.6) is 0 Å². The average molecular weight is 336 g/mol. The molecule has 0 saturated carbocycles. The summed E-state index contributed by atoms with van der Waals surface area (Å²) < 4.78 is 32.0. The van der Waals surface area contributed by atoms with Crippen molar-refractivity contribution >= 4 is 21.6 Å². The lowest BCUT2D eigenvalue weighted by Crippen LogP contribution is -2.25. The van der Waals surface area contributed by atoms with Crippen molar-refractivity contribution in [2.45, 2.75) is 37.7 Å². The molecule has 0 heterocycles. The Morgan fingerprint density at radius 2 is 2.00 bits per heavy atom. The molecule has 0 unspecified atom stereocenters. The lowest BCUT2D eigenvalue weighted by atomic mass is 10.2. The van der Waals surface area contributed by atoms with Gasteiger partial charge in [0.25, 0.3) is 0 Å². The number of nitrogens with one attached hydrogen (secondary N) is 1. The van der Waals surface area contributed by atoms with Gasteiger partial charge in [-0.05, 0) is 36.6 Å². The molecule has 1 rings (SSSR count). The summed E-state index contributed by atoms with van der Waals surface area (Å²) >= 11 is 5.84. The molecule has 0 saturated heterocycles. The highest BCUT2D eigenvalue weighted by Gasteiger charge is 2.14. The van der Waals surface area contributed by atoms with Crippen molar-refractivity contribution in [2.75, 3.05) is 19.8 Å². The van der Waals surface area contributed by atoms with Crippen LogP contribution < -0.4 is 4.72 Å². The van der Waals surface area contributed by atoms with E-state index in [-0.39, 0.29) is 11.5 Å². The van der Waals surface area contributed by atoms with Crippen molar-refractivity contribution in [3.8, 4) is 0 Å². The monoisotopic (exact) mass is 335 g/mol. The van der Waals surface area contributed by atoms with E-state index in [0.29, 0.717) is 36.8 Å². The van der Waals surface area contributed by atoms with Gasteiger partial charge in [0.1, 0.15) is 0 Å². The highest BCUT2D eigenvalue weighted by molar-refractivity contribution is 7.89. The molecule has 0 spiro atoms. The van der Waals surface area contributed by atoms with E-state index in [0.717, 1.165) is 12.8 Å². The molecule has 1 aromatic rings. The van der Waals surface area contributed by atoms with Crippen LogP contribution in [0, 0.1) is 0 Å². The van der Waals surface area contributed by atoms with E-state index in [1.165, 1.54) is 18.2 Å². The first-order chi connectivity index (χ1) is 10.0. The summed E-state index contributed by atoms with van der Waals surface area (Å²) in [5.74, 6) is 0. The number of rotatable bonds is 10. The van der Waals surface area contributed by atoms with Gasteiger partial charge in [0.05, 0.1) is 11.5 Å². The summed E-state index contributed by atoms with van der Waals surface area (Å²) in [6.07, 6.45) is 2.71. The van der Waals surface area contributed by atoms with Crippen molar-refractivity contribution in [1.29, 1.82) is 0 Å². The highest BCUT2D eigenvalue weighted by atomic mass is 35.5. The second-order valence-corrected chi connectivity index (χ2v) is 6.80. The Morgan fingerprint density at radius 1 is 1.29 bits per heavy atom. The maximum Gasteiger partial charge on any atom is 0.240 e. The molecule has 0 amide bonds. The fourth-order valence-electron chi connectivity index (χ4n) is 1.65. The van der Waals surface area contributed by atoms with Gasteiger partial charge in [-0.2, -0.15) is 0 Å². The molecule has 2 N–H and O–H groups in total. The minimum Gasteiger partial charge on any atom is -0.392 e. The van der Waals surface area contributed by atoms with E-state index in [2.05, 4.69) is 11.6 Å². The van der Waals surface area contributed by atoms with Gasteiger partial charge in [-0.3, -0.25) is 0 Å². The van der Waals surface area contributed by atoms with Gasteiger partial charge in [-0.15, -0.1) is 0 Å². The third-order valence-electron chi connectivity index (χ3n) is 2.90. The zero-order valence-corrected chi connectivity index (χ0v) is 13.7. The highest BCUT2D eigenvalue weighted by Crippen LogP contribution is 2.20. The molecular formula is C14H22ClNO4S. The average Bonchev–Trinajstić information content (AvgIpc) is 2.46. The van der Waals surface area contributed by atoms with Crippen LogP contribution in [0.25, 0.3) is 0 Å². The van der Waals surface area contributed by atoms with Crippen LogP contribution in [0.3, 0.4) is 0 Å². The summed E-state index contributed by atoms with van der Waals surface area (Å²) in [5, 5.41) is 9.46. The Morgan fingerprint density at radius 3 is 2.67 bits per heavy atom. The van der Waals surface area contributed by atoms with Crippen LogP contribution in [0.4, 0.5) is 0 Å². The lowest BCUT2D eigenvalue weighted by Gasteiger charge is -2.09. The van der Waals surface area contributed by atoms with E-state index in [1.807, 2.05) is 0 Å². The molecule has 21 heavy (non-hydrogen) atoms. The lowest BCUT2D eigenvalue weighted by molar-refractivity contribution is 0.130. The predicted molar refractivity (Wildman–Crippen MR) is 82.9 cm³/mol. The van der Waals surface area contributed by atoms with E-state index < -0.39 is 10.0 Å². The number of aliphatic hydroxyl groups is 1. The van der Waals surface area contributed by atoms with Crippen molar-refractivity contribution in [3.05, 3.63) is 28.8 Å². The van der Waals surface area contributed by atoms with Crippen LogP contribution >= 0.6 is 11.6 Å². The molecule has 0 fully saturated rings. The number of aliphatic hydroxyl groups excluding tert-OH is 1. The summed E-state index contributed by atoms with van der Waals surface area (Å²) in [7, 11) is -3.58. The van der Waals surface area contributed by atoms with Gasteiger partial charge in [0.15, 0.2) is 0 Å². The Balaban J connectivity index is 2.46. The second-order valence-electron chi connectivity index (χ2n) is 4.63. The fraction of sp³-hybridized carbons (Fsp3) is 0.571. The van der Waals surface area contributed by atoms with E-state index in [4.69, 9.17) is 21.4 Å². The number of benzene rings is 1. The Labute approximate surface area is 131 Å². The normalized spacial score (nSPS) is 11.8. The van der Waals surface area contributed by atoms with Crippen LogP contribution in [0.15, 0.2) is 23.1 Å². The Hall–Kier alpha value is -0.660. The van der Waals surface area contributed by atoms with Crippen molar-refractivity contribution in [2.24, 2.45) is 0 Å². The molecule has 0 aliphatic heterocycles. The van der Waals surface area contributed by atoms with Gasteiger partial charge in [-0.1, -0.05) is 24.9 Å². The predicted octanol–water partition coefficient (Wildman–Crippen LogP) is 2.32. The molecule has 1 aromatic carbocycles. The molecule has 0 atom stereocenters. The molecular weight excluding hydrogens is 314 g/mol. The molecule has 120 valence electrons. The zero-order valence-electron chi connectivity index (χ0n) is 12.1. The van der Waals surface area contributed by atoms with Gasteiger partial charge >= 0.3 is 0 Å². The topological polar surface area (TPSA) is 75.6 Å². The largest absolute Gasteiger partial charge is 0.392 e. The Bertz CT molecular complexity index is 534. The standard InChI is InChI=1S/C14H22ClNO4S/c1-2-3-8-20-9-4-7-16-21(18,19)13-5-6-14(15)12(10-13)11-17/h5-6,10,16-17H,2-4,7-9,11H2,1H3. The van der Waals surface area contributed by atoms with Crippen molar-refractivity contribution in [1.82, 2.24) is 4.72 Å². The molecule has 0 aliphatic carbocycles. The van der Waals surface area contributed by atoms with Crippen molar-refractivity contribution < 1.29 is 18.3 Å². The van der Waals surface area contributed by atoms with Gasteiger partial charge in [0.2, 0.25) is 10.0 Å². The Kier molecular flexibility index (Phi) is 8.21. The molecule has 0 radical (unpaired) electrons. The first-order valence-electron chi connectivity index (χ1n) is 6.98. The third-order valence-corrected chi connectivity index (χ3v) is 4.73. The number of hydrogen-bond donors (Lipinski definition) is 2. The third kappa shape index (κ3) is 6.32. The SMILES string of the molecule is CCCCOCCCNS(=O)(=O)c1ccc(Cl)c(CO)c1. The maximum atomic E-state index is 12.1. The number of hydrogen-bond acceptors (Lipinski definition) is 4. The number of unbranched alkanes of at least 4 members (excludes halogenated alkanes) is 1. The summed E-state index contributed by atoms with van der Waals surface area (Å²) in [4.78, 5) is 0.0999. The van der Waals surface area contributed by atoms with Crippen LogP contribution in [0.2, 0.25) is 5.02 Å². The number of halogens is 1. The van der Waals surface area contributed by atoms with E-state index in [9.17, 15) is 8.42 Å². The molecule has 7 heteroatoms. The van der Waals surface area contributed by atoms with E-state index in [1.54, 1.807) is 0 Å². The maximum absolute atomic E-state index is 12.1. The molecule has 0 bridgehead atoms. The molecule has 0 aromatic heterocycles. The summed E-state index contributed by atoms with van der Waals surface area (Å²) in [5.41, 5.74) is 0.391. The van der Waals surface area contributed by atoms with Crippen LogP contribution in [0.1, 0.15) is 31.7 Å². The van der Waals surface area contributed by atoms with Crippen LogP contribution in [-0.2, 0) is 21.4 Å². The van der Waals surface area contributed by atoms with Gasteiger partial charge < -0.3 is 9.84 Å². The quantitative estimate of drug-likeness (QED) is 0.643. The zero-order chi connectivity index (χ0) is 15.7. The van der Waals surface area contributed by atoms with Crippen molar-refractivity contribution in [3.63, 3.8) is 0 Å². The second kappa shape index (κ2) is 9.38. The molecule has 0 aliphatic rings. The van der Waals surface area contributed by atoms with Gasteiger partial charge in [-0.25, -0.2) is 13.1 Å². The first kappa shape index (κ1) is 18.4. The summed E-state index contributed by atoms with van der Waals surface area (Å²) in [6.45, 7) is 3.34. The molecule has 5 nitrogen and oxygen atoms in total. The smallest absolute Gasteiger partial charge is 0.240 e. The fourth-order valence-corrected chi connectivity index (χ4v) is 2.95. The first-order valence-corrected chi connectivity index (χ1v) is 8.84. The van der Waals surface area contributed by atoms with E-state index >= 15 is 0 Å². The number of ether oxygens (including phenoxy) is 1. The van der Waals surface area contributed by atoms with Gasteiger partial charge in [0, 0.05) is 24.8 Å². The number of sulfonamides is 1. The van der Waals surface area contributed by atoms with Crippen LogP contribution in [-0.4, -0.2) is 33.3 Å². The summed E-state index contributed by atoms with van der Waals surface area (Å²) in [6, 6.07) is 4.26.